The molecule has 0 atom stereocenters. The third kappa shape index (κ3) is 7.68. The van der Waals surface area contributed by atoms with Crippen LogP contribution in [-0.4, -0.2) is 28.3 Å². The van der Waals surface area contributed by atoms with E-state index in [1.165, 1.54) is 19.3 Å². The van der Waals surface area contributed by atoms with E-state index < -0.39 is 6.16 Å². The van der Waals surface area contributed by atoms with Crippen molar-refractivity contribution in [1.82, 2.24) is 5.32 Å². The van der Waals surface area contributed by atoms with E-state index in [-0.39, 0.29) is 5.91 Å². The van der Waals surface area contributed by atoms with Gasteiger partial charge in [0.1, 0.15) is 0 Å². The number of amides is 1. The van der Waals surface area contributed by atoms with Gasteiger partial charge in [-0.1, -0.05) is 37.1 Å². The van der Waals surface area contributed by atoms with Crippen molar-refractivity contribution in [1.29, 1.82) is 0 Å². The lowest BCUT2D eigenvalue weighted by Gasteiger charge is -2.28. The molecule has 24 heavy (non-hydrogen) atoms. The largest absolute Gasteiger partial charge is 0.503 e. The summed E-state index contributed by atoms with van der Waals surface area (Å²) in [5, 5.41) is 17.8. The highest BCUT2D eigenvalue weighted by molar-refractivity contribution is 6.31. The maximum Gasteiger partial charge on any atom is 0.503 e. The molecule has 0 aromatic heterocycles. The molecule has 1 aromatic carbocycles. The fourth-order valence-corrected chi connectivity index (χ4v) is 3.26. The first-order valence-corrected chi connectivity index (χ1v) is 8.65. The molecule has 134 valence electrons. The summed E-state index contributed by atoms with van der Waals surface area (Å²) in [7, 11) is 0. The van der Waals surface area contributed by atoms with Gasteiger partial charge in [0.2, 0.25) is 5.91 Å². The topological polar surface area (TPSA) is 86.6 Å². The van der Waals surface area contributed by atoms with Gasteiger partial charge in [-0.15, -0.1) is 0 Å². The van der Waals surface area contributed by atoms with E-state index in [0.717, 1.165) is 29.9 Å². The Kier molecular flexibility index (Phi) is 8.61. The summed E-state index contributed by atoms with van der Waals surface area (Å²) in [4.78, 5) is 20.7. The highest BCUT2D eigenvalue weighted by atomic mass is 35.5. The highest BCUT2D eigenvalue weighted by Gasteiger charge is 2.21. The molecule has 1 fully saturated rings. The average Bonchev–Trinajstić information content (AvgIpc) is 2.50. The van der Waals surface area contributed by atoms with E-state index in [9.17, 15) is 4.79 Å². The predicted molar refractivity (Wildman–Crippen MR) is 94.7 cm³/mol. The van der Waals surface area contributed by atoms with Crippen LogP contribution in [0.15, 0.2) is 18.2 Å². The summed E-state index contributed by atoms with van der Waals surface area (Å²) in [6, 6.07) is 6.22. The molecule has 1 amide bonds. The third-order valence-electron chi connectivity index (χ3n) is 4.35. The van der Waals surface area contributed by atoms with Crippen LogP contribution < -0.4 is 5.32 Å². The lowest BCUT2D eigenvalue weighted by Crippen LogP contribution is -2.38. The zero-order chi connectivity index (χ0) is 18.1. The van der Waals surface area contributed by atoms with E-state index >= 15 is 0 Å². The fraction of sp³-hybridized carbons (Fsp3) is 0.556. The molecule has 5 nitrogen and oxygen atoms in total. The van der Waals surface area contributed by atoms with Gasteiger partial charge in [-0.25, -0.2) is 4.79 Å². The SMILES string of the molecule is CCC1CCC(NC(=O)Cc2ccc(C)cc2Cl)CC1.O=C(O)O. The van der Waals surface area contributed by atoms with Crippen LogP contribution in [0.2, 0.25) is 5.02 Å². The fourth-order valence-electron chi connectivity index (χ4n) is 2.96. The minimum absolute atomic E-state index is 0.0932. The van der Waals surface area contributed by atoms with Crippen molar-refractivity contribution < 1.29 is 19.8 Å². The predicted octanol–water partition coefficient (Wildman–Crippen LogP) is 4.50. The van der Waals surface area contributed by atoms with Crippen molar-refractivity contribution in [3.05, 3.63) is 34.3 Å². The summed E-state index contributed by atoms with van der Waals surface area (Å²) < 4.78 is 0. The van der Waals surface area contributed by atoms with Gasteiger partial charge >= 0.3 is 6.16 Å². The molecule has 0 spiro atoms. The van der Waals surface area contributed by atoms with Crippen molar-refractivity contribution >= 4 is 23.7 Å². The van der Waals surface area contributed by atoms with Gasteiger partial charge in [0, 0.05) is 11.1 Å². The number of aryl methyl sites for hydroxylation is 1. The molecule has 2 rings (SSSR count). The number of nitrogens with one attached hydrogen (secondary N) is 1. The smallest absolute Gasteiger partial charge is 0.450 e. The van der Waals surface area contributed by atoms with Crippen molar-refractivity contribution in [3.8, 4) is 0 Å². The second-order valence-corrected chi connectivity index (χ2v) is 6.65. The molecule has 0 heterocycles. The Morgan fingerprint density at radius 3 is 2.29 bits per heavy atom. The first-order valence-electron chi connectivity index (χ1n) is 8.28. The Morgan fingerprint density at radius 1 is 1.21 bits per heavy atom. The number of halogens is 1. The molecule has 0 unspecified atom stereocenters. The molecule has 3 N–H and O–H groups in total. The summed E-state index contributed by atoms with van der Waals surface area (Å²) >= 11 is 6.17. The summed E-state index contributed by atoms with van der Waals surface area (Å²) in [6.07, 6.45) is 4.53. The molecule has 1 saturated carbocycles. The lowest BCUT2D eigenvalue weighted by atomic mass is 9.84. The third-order valence-corrected chi connectivity index (χ3v) is 4.70. The normalized spacial score (nSPS) is 19.8. The van der Waals surface area contributed by atoms with Gasteiger partial charge in [0.25, 0.3) is 0 Å². The number of benzene rings is 1. The minimum atomic E-state index is -1.83. The Morgan fingerprint density at radius 2 is 1.79 bits per heavy atom. The summed E-state index contributed by atoms with van der Waals surface area (Å²) in [5.74, 6) is 0.949. The van der Waals surface area contributed by atoms with Gasteiger partial charge in [0.15, 0.2) is 0 Å². The number of hydrogen-bond donors (Lipinski definition) is 3. The molecule has 0 bridgehead atoms. The Bertz CT molecular complexity index is 550. The van der Waals surface area contributed by atoms with Gasteiger partial charge in [0.05, 0.1) is 6.42 Å². The first-order chi connectivity index (χ1) is 11.3. The monoisotopic (exact) mass is 355 g/mol. The van der Waals surface area contributed by atoms with Crippen LogP contribution in [0.25, 0.3) is 0 Å². The molecule has 0 radical (unpaired) electrons. The maximum atomic E-state index is 12.1. The number of carboxylic acid groups (broad SMARTS) is 2. The quantitative estimate of drug-likeness (QED) is 0.742. The molecule has 1 aliphatic rings. The standard InChI is InChI=1S/C17H24ClNO.CH2O3/c1-3-13-5-8-15(9-6-13)19-17(20)11-14-7-4-12(2)10-16(14)18;2-1(3)4/h4,7,10,13,15H,3,5-6,8-9,11H2,1-2H3,(H,19,20);(H2,2,3,4). The summed E-state index contributed by atoms with van der Waals surface area (Å²) in [5.41, 5.74) is 2.04. The molecule has 0 saturated heterocycles. The van der Waals surface area contributed by atoms with Crippen molar-refractivity contribution in [3.63, 3.8) is 0 Å². The van der Waals surface area contributed by atoms with E-state index in [1.807, 2.05) is 25.1 Å². The van der Waals surface area contributed by atoms with Crippen LogP contribution >= 0.6 is 11.6 Å². The molecule has 1 aromatic rings. The van der Waals surface area contributed by atoms with Crippen molar-refractivity contribution in [2.45, 2.75) is 58.4 Å². The summed E-state index contributed by atoms with van der Waals surface area (Å²) in [6.45, 7) is 4.25. The Hall–Kier alpha value is -1.75. The second kappa shape index (κ2) is 10.2. The van der Waals surface area contributed by atoms with Gasteiger partial charge in [-0.2, -0.15) is 0 Å². The maximum absolute atomic E-state index is 12.1. The average molecular weight is 356 g/mol. The first kappa shape index (κ1) is 20.3. The number of hydrogen-bond acceptors (Lipinski definition) is 2. The van der Waals surface area contributed by atoms with Crippen LogP contribution in [0.1, 0.15) is 50.2 Å². The number of carbonyl (C=O) groups is 2. The molecular formula is C18H26ClNO4. The van der Waals surface area contributed by atoms with Crippen LogP contribution in [0.4, 0.5) is 4.79 Å². The van der Waals surface area contributed by atoms with E-state index in [0.29, 0.717) is 17.5 Å². The van der Waals surface area contributed by atoms with E-state index in [1.54, 1.807) is 0 Å². The van der Waals surface area contributed by atoms with Gasteiger partial charge in [-0.3, -0.25) is 4.79 Å². The minimum Gasteiger partial charge on any atom is -0.450 e. The Balaban J connectivity index is 0.000000648. The molecular weight excluding hydrogens is 330 g/mol. The van der Waals surface area contributed by atoms with E-state index in [4.69, 9.17) is 26.6 Å². The Labute approximate surface area is 148 Å². The molecule has 1 aliphatic carbocycles. The molecule has 0 aliphatic heterocycles. The van der Waals surface area contributed by atoms with E-state index in [2.05, 4.69) is 12.2 Å². The number of carbonyl (C=O) groups excluding carboxylic acids is 1. The van der Waals surface area contributed by atoms with Crippen LogP contribution in [0, 0.1) is 12.8 Å². The van der Waals surface area contributed by atoms with Crippen LogP contribution in [0.3, 0.4) is 0 Å². The lowest BCUT2D eigenvalue weighted by molar-refractivity contribution is -0.121. The van der Waals surface area contributed by atoms with Crippen molar-refractivity contribution in [2.24, 2.45) is 5.92 Å². The highest BCUT2D eigenvalue weighted by Crippen LogP contribution is 2.26. The van der Waals surface area contributed by atoms with Crippen LogP contribution in [-0.2, 0) is 11.2 Å². The van der Waals surface area contributed by atoms with Gasteiger partial charge < -0.3 is 15.5 Å². The molecule has 6 heteroatoms. The number of rotatable bonds is 4. The zero-order valence-corrected chi connectivity index (χ0v) is 15.0. The second-order valence-electron chi connectivity index (χ2n) is 6.25. The van der Waals surface area contributed by atoms with Gasteiger partial charge in [-0.05, 0) is 55.7 Å². The van der Waals surface area contributed by atoms with Crippen LogP contribution in [0.5, 0.6) is 0 Å². The zero-order valence-electron chi connectivity index (χ0n) is 14.2. The van der Waals surface area contributed by atoms with Crippen molar-refractivity contribution in [2.75, 3.05) is 0 Å².